The molecule has 2 bridgehead atoms. The number of Topliss-reactive ketones (excluding diaryl/α,β-unsaturated/α-hetero) is 2. The van der Waals surface area contributed by atoms with Gasteiger partial charge in [-0.05, 0) is 47.9 Å². The zero-order valence-electron chi connectivity index (χ0n) is 16.4. The van der Waals surface area contributed by atoms with E-state index in [4.69, 9.17) is 0 Å². The van der Waals surface area contributed by atoms with Crippen LogP contribution in [0.25, 0.3) is 0 Å². The van der Waals surface area contributed by atoms with Crippen LogP contribution < -0.4 is 0 Å². The van der Waals surface area contributed by atoms with Crippen LogP contribution in [0.4, 0.5) is 0 Å². The maximum absolute atomic E-state index is 11.8. The molecule has 0 aromatic rings. The summed E-state index contributed by atoms with van der Waals surface area (Å²) in [7, 11) is -3.85. The summed E-state index contributed by atoms with van der Waals surface area (Å²) >= 11 is 0. The molecule has 1 heterocycles. The van der Waals surface area contributed by atoms with Crippen molar-refractivity contribution < 1.29 is 22.6 Å². The second-order valence-corrected chi connectivity index (χ2v) is 12.6. The van der Waals surface area contributed by atoms with Crippen LogP contribution in [-0.2, 0) is 30.6 Å². The summed E-state index contributed by atoms with van der Waals surface area (Å²) in [5, 5.41) is 0. The average molecular weight is 405 g/mol. The van der Waals surface area contributed by atoms with Gasteiger partial charge in [-0.2, -0.15) is 0 Å². The van der Waals surface area contributed by atoms with E-state index in [0.29, 0.717) is 29.5 Å². The van der Waals surface area contributed by atoms with E-state index in [-0.39, 0.29) is 23.0 Å². The van der Waals surface area contributed by atoms with E-state index >= 15 is 0 Å². The lowest BCUT2D eigenvalue weighted by Crippen LogP contribution is -2.42. The van der Waals surface area contributed by atoms with E-state index < -0.39 is 21.3 Å². The summed E-state index contributed by atoms with van der Waals surface area (Å²) in [4.78, 5) is 23.2. The van der Waals surface area contributed by atoms with Gasteiger partial charge in [-0.25, -0.2) is 8.42 Å². The molecule has 2 saturated carbocycles. The van der Waals surface area contributed by atoms with Gasteiger partial charge in [-0.3, -0.25) is 9.59 Å². The van der Waals surface area contributed by atoms with Crippen molar-refractivity contribution >= 4 is 32.6 Å². The van der Waals surface area contributed by atoms with E-state index in [2.05, 4.69) is 0 Å². The first-order valence-corrected chi connectivity index (χ1v) is 12.8. The van der Waals surface area contributed by atoms with Gasteiger partial charge in [0.15, 0.2) is 11.5 Å². The highest BCUT2D eigenvalue weighted by atomic mass is 32.2. The quantitative estimate of drug-likeness (QED) is 0.519. The highest BCUT2D eigenvalue weighted by Crippen LogP contribution is 2.64. The Balaban J connectivity index is 0.000000197. The lowest BCUT2D eigenvalue weighted by Gasteiger charge is -2.37. The van der Waals surface area contributed by atoms with Crippen LogP contribution in [-0.4, -0.2) is 47.5 Å². The zero-order chi connectivity index (χ0) is 19.8. The van der Waals surface area contributed by atoms with Gasteiger partial charge in [-0.15, -0.1) is 0 Å². The van der Waals surface area contributed by atoms with Crippen molar-refractivity contribution in [2.24, 2.45) is 22.7 Å². The van der Waals surface area contributed by atoms with Crippen LogP contribution in [0.2, 0.25) is 0 Å². The predicted octanol–water partition coefficient (Wildman–Crippen LogP) is 2.55. The fraction of sp³-hybridized carbons (Fsp3) is 0.895. The molecule has 0 radical (unpaired) electrons. The Morgan fingerprint density at radius 1 is 1.27 bits per heavy atom. The van der Waals surface area contributed by atoms with E-state index in [1.807, 2.05) is 27.7 Å². The molecule has 3 rings (SSSR count). The molecule has 2 atom stereocenters. The van der Waals surface area contributed by atoms with Crippen molar-refractivity contribution in [3.8, 4) is 0 Å². The summed E-state index contributed by atoms with van der Waals surface area (Å²) in [6, 6.07) is 0. The molecule has 1 aliphatic heterocycles. The number of hydrogen-bond donors (Lipinski definition) is 0. The van der Waals surface area contributed by atoms with Crippen LogP contribution in [0, 0.1) is 22.7 Å². The molecule has 2 unspecified atom stereocenters. The Bertz CT molecular complexity index is 647. The third-order valence-electron chi connectivity index (χ3n) is 6.67. The number of fused-ring (bicyclic) bond motifs is 2. The molecule has 0 aromatic heterocycles. The van der Waals surface area contributed by atoms with Crippen molar-refractivity contribution in [3.05, 3.63) is 0 Å². The lowest BCUT2D eigenvalue weighted by molar-refractivity contribution is -0.128. The summed E-state index contributed by atoms with van der Waals surface area (Å²) < 4.78 is 32.7. The fourth-order valence-electron chi connectivity index (χ4n) is 4.64. The largest absolute Gasteiger partial charge is 0.748 e. The van der Waals surface area contributed by atoms with Crippen molar-refractivity contribution in [2.75, 3.05) is 23.0 Å². The smallest absolute Gasteiger partial charge is 0.184 e. The second kappa shape index (κ2) is 7.92. The Morgan fingerprint density at radius 3 is 2.23 bits per heavy atom. The van der Waals surface area contributed by atoms with Gasteiger partial charge < -0.3 is 4.55 Å². The van der Waals surface area contributed by atoms with Crippen LogP contribution >= 0.6 is 0 Å². The Kier molecular flexibility index (Phi) is 6.67. The van der Waals surface area contributed by atoms with Crippen molar-refractivity contribution in [1.82, 2.24) is 0 Å². The van der Waals surface area contributed by atoms with Gasteiger partial charge in [0.1, 0.15) is 17.3 Å². The highest BCUT2D eigenvalue weighted by molar-refractivity contribution is 7.97. The number of hydrogen-bond acceptors (Lipinski definition) is 5. The molecule has 0 spiro atoms. The number of rotatable bonds is 5. The fourth-order valence-corrected chi connectivity index (χ4v) is 8.37. The number of ketones is 2. The van der Waals surface area contributed by atoms with Crippen LogP contribution in [0.15, 0.2) is 0 Å². The monoisotopic (exact) mass is 404 g/mol. The third-order valence-corrected chi connectivity index (χ3v) is 9.94. The minimum atomic E-state index is -4.33. The lowest BCUT2D eigenvalue weighted by atomic mass is 9.70. The molecule has 0 N–H and O–H groups in total. The number of carbonyl (C=O) groups excluding carboxylic acids is 2. The van der Waals surface area contributed by atoms with E-state index in [9.17, 15) is 22.6 Å². The molecule has 0 aromatic carbocycles. The van der Waals surface area contributed by atoms with Crippen molar-refractivity contribution in [2.45, 2.75) is 59.8 Å². The van der Waals surface area contributed by atoms with Gasteiger partial charge in [0, 0.05) is 17.8 Å². The highest BCUT2D eigenvalue weighted by Gasteiger charge is 2.64. The normalized spacial score (nSPS) is 30.5. The van der Waals surface area contributed by atoms with Gasteiger partial charge in [0.05, 0.1) is 15.9 Å². The molecular formula is C19H32O5S2. The van der Waals surface area contributed by atoms with Crippen LogP contribution in [0.3, 0.4) is 0 Å². The minimum Gasteiger partial charge on any atom is -0.748 e. The standard InChI is InChI=1S/C10H16O4S.C9H17OS/c1-9(2)7-3-4-10(9,8(11)5-7)6-15(12,13)14;1-8(2)9(10)7-11-5-3-4-6-11/h7H,3-6H2,1-2H3,(H,12,13,14);8H,3-7H2,1-2H3/q;+1/p-1. The summed E-state index contributed by atoms with van der Waals surface area (Å²) in [5.74, 6) is 3.95. The number of carbonyl (C=O) groups is 2. The SMILES string of the molecule is CC(C)C(=O)C[S+]1CCCC1.CC1(C)C2CCC1(CS(=O)(=O)[O-])C(=O)C2. The first kappa shape index (κ1) is 21.9. The maximum Gasteiger partial charge on any atom is 0.184 e. The molecular weight excluding hydrogens is 372 g/mol. The van der Waals surface area contributed by atoms with Gasteiger partial charge in [0.25, 0.3) is 0 Å². The van der Waals surface area contributed by atoms with E-state index in [1.54, 1.807) is 0 Å². The van der Waals surface area contributed by atoms with Crippen LogP contribution in [0.5, 0.6) is 0 Å². The average Bonchev–Trinajstić information content (AvgIpc) is 3.12. The molecule has 2 aliphatic carbocycles. The molecule has 26 heavy (non-hydrogen) atoms. The first-order valence-electron chi connectivity index (χ1n) is 9.53. The summed E-state index contributed by atoms with van der Waals surface area (Å²) in [5.41, 5.74) is -1.22. The molecule has 150 valence electrons. The molecule has 3 aliphatic rings. The molecule has 0 amide bonds. The van der Waals surface area contributed by atoms with E-state index in [1.165, 1.54) is 24.3 Å². The second-order valence-electron chi connectivity index (χ2n) is 8.86. The zero-order valence-corrected chi connectivity index (χ0v) is 18.0. The maximum atomic E-state index is 11.8. The Labute approximate surface area is 160 Å². The molecule has 5 nitrogen and oxygen atoms in total. The molecule has 3 fully saturated rings. The van der Waals surface area contributed by atoms with Gasteiger partial charge in [-0.1, -0.05) is 27.7 Å². The summed E-state index contributed by atoms with van der Waals surface area (Å²) in [6.07, 6.45) is 4.59. The van der Waals surface area contributed by atoms with Gasteiger partial charge in [0.2, 0.25) is 0 Å². The van der Waals surface area contributed by atoms with Crippen molar-refractivity contribution in [3.63, 3.8) is 0 Å². The summed E-state index contributed by atoms with van der Waals surface area (Å²) in [6.45, 7) is 7.84. The Hall–Kier alpha value is -0.400. The minimum absolute atomic E-state index is 0.0248. The third kappa shape index (κ3) is 4.53. The topological polar surface area (TPSA) is 91.3 Å². The van der Waals surface area contributed by atoms with Crippen molar-refractivity contribution in [1.29, 1.82) is 0 Å². The van der Waals surface area contributed by atoms with Gasteiger partial charge >= 0.3 is 0 Å². The van der Waals surface area contributed by atoms with E-state index in [0.717, 1.165) is 12.2 Å². The molecule has 1 saturated heterocycles. The van der Waals surface area contributed by atoms with Crippen LogP contribution in [0.1, 0.15) is 59.8 Å². The molecule has 7 heteroatoms. The Morgan fingerprint density at radius 2 is 1.85 bits per heavy atom. The first-order chi connectivity index (χ1) is 11.9. The predicted molar refractivity (Wildman–Crippen MR) is 104 cm³/mol.